The molecule has 56 heavy (non-hydrogen) atoms. The monoisotopic (exact) mass is 788 g/mol. The molecule has 6 rings (SSSR count). The number of fused-ring (bicyclic) bond motifs is 1. The molecule has 2 aromatic carbocycles. The molecule has 0 radical (unpaired) electrons. The van der Waals surface area contributed by atoms with Crippen LogP contribution in [0.3, 0.4) is 0 Å². The van der Waals surface area contributed by atoms with Gasteiger partial charge in [-0.05, 0) is 112 Å². The van der Waals surface area contributed by atoms with Crippen LogP contribution in [0.4, 0.5) is 0 Å². The molecular formula is C42H64N10O3S. The molecule has 13 nitrogen and oxygen atoms in total. The Morgan fingerprint density at radius 1 is 0.982 bits per heavy atom. The maximum absolute atomic E-state index is 13.6. The summed E-state index contributed by atoms with van der Waals surface area (Å²) in [5.41, 5.74) is 14.9. The molecule has 0 unspecified atom stereocenters. The van der Waals surface area contributed by atoms with Crippen molar-refractivity contribution in [3.05, 3.63) is 88.1 Å². The summed E-state index contributed by atoms with van der Waals surface area (Å²) in [6, 6.07) is 17.6. The zero-order valence-electron chi connectivity index (χ0n) is 34.3. The van der Waals surface area contributed by atoms with Gasteiger partial charge in [0.05, 0.1) is 10.6 Å². The number of aromatic nitrogens is 3. The second-order valence-corrected chi connectivity index (χ2v) is 18.9. The lowest BCUT2D eigenvalue weighted by Crippen LogP contribution is -2.48. The molecule has 0 atom stereocenters. The van der Waals surface area contributed by atoms with Crippen LogP contribution in [-0.2, 0) is 27.4 Å². The lowest BCUT2D eigenvalue weighted by Gasteiger charge is -2.35. The smallest absolute Gasteiger partial charge is 0.354 e. The molecule has 0 spiro atoms. The highest BCUT2D eigenvalue weighted by atomic mass is 32.2. The van der Waals surface area contributed by atoms with E-state index in [9.17, 15) is 13.2 Å². The third kappa shape index (κ3) is 11.7. The van der Waals surface area contributed by atoms with Crippen molar-refractivity contribution < 1.29 is 8.42 Å². The quantitative estimate of drug-likeness (QED) is 0.0737. The Kier molecular flexibility index (Phi) is 14.5. The highest BCUT2D eigenvalue weighted by Gasteiger charge is 2.33. The van der Waals surface area contributed by atoms with Gasteiger partial charge in [-0.25, -0.2) is 13.2 Å². The van der Waals surface area contributed by atoms with Crippen molar-refractivity contribution in [1.29, 1.82) is 0 Å². The summed E-state index contributed by atoms with van der Waals surface area (Å²) >= 11 is 0. The van der Waals surface area contributed by atoms with E-state index < -0.39 is 10.0 Å². The highest BCUT2D eigenvalue weighted by molar-refractivity contribution is 7.89. The van der Waals surface area contributed by atoms with Crippen molar-refractivity contribution in [3.63, 3.8) is 0 Å². The molecule has 0 bridgehead atoms. The molecule has 4 heterocycles. The fourth-order valence-electron chi connectivity index (χ4n) is 7.10. The van der Waals surface area contributed by atoms with Crippen LogP contribution in [0.1, 0.15) is 90.5 Å². The molecule has 2 fully saturated rings. The SMILES string of the molecule is CC(C)(C)c1cc2cn(-c3ccc(CNCCCN=C(N)N)cc3)c(=O)nc2[nH]1.CC(C)(C)c1cccc(S(=O)(=O)N(CCN2CCCC2)C2CCNCC2)c1. The molecule has 4 aromatic rings. The molecule has 0 amide bonds. The second kappa shape index (κ2) is 18.9. The average molecular weight is 789 g/mol. The van der Waals surface area contributed by atoms with Gasteiger partial charge >= 0.3 is 5.69 Å². The van der Waals surface area contributed by atoms with E-state index in [-0.39, 0.29) is 28.5 Å². The Labute approximate surface area is 333 Å². The molecule has 0 aliphatic carbocycles. The van der Waals surface area contributed by atoms with Crippen LogP contribution in [0.5, 0.6) is 0 Å². The largest absolute Gasteiger partial charge is 0.370 e. The molecule has 2 aliphatic heterocycles. The van der Waals surface area contributed by atoms with E-state index in [0.717, 1.165) is 93.0 Å². The molecule has 0 saturated carbocycles. The van der Waals surface area contributed by atoms with Gasteiger partial charge in [0, 0.05) is 54.9 Å². The number of sulfonamides is 1. The van der Waals surface area contributed by atoms with Gasteiger partial charge in [-0.3, -0.25) is 9.56 Å². The first-order valence-corrected chi connectivity index (χ1v) is 21.5. The minimum atomic E-state index is -3.50. The average Bonchev–Trinajstić information content (AvgIpc) is 3.84. The summed E-state index contributed by atoms with van der Waals surface area (Å²) in [5.74, 6) is 0.123. The van der Waals surface area contributed by atoms with Crippen LogP contribution in [0.25, 0.3) is 16.7 Å². The van der Waals surface area contributed by atoms with E-state index in [1.165, 1.54) is 12.8 Å². The third-order valence-corrected chi connectivity index (χ3v) is 12.5. The highest BCUT2D eigenvalue weighted by Crippen LogP contribution is 2.28. The van der Waals surface area contributed by atoms with E-state index in [4.69, 9.17) is 11.5 Å². The first-order valence-electron chi connectivity index (χ1n) is 20.1. The van der Waals surface area contributed by atoms with E-state index in [1.54, 1.807) is 14.9 Å². The van der Waals surface area contributed by atoms with Crippen molar-refractivity contribution >= 4 is 27.0 Å². The Morgan fingerprint density at radius 3 is 2.32 bits per heavy atom. The van der Waals surface area contributed by atoms with Crippen LogP contribution >= 0.6 is 0 Å². The predicted molar refractivity (Wildman–Crippen MR) is 228 cm³/mol. The fourth-order valence-corrected chi connectivity index (χ4v) is 8.82. The number of hydrogen-bond donors (Lipinski definition) is 5. The van der Waals surface area contributed by atoms with Gasteiger partial charge < -0.3 is 32.0 Å². The minimum absolute atomic E-state index is 0.0352. The Morgan fingerprint density at radius 2 is 1.68 bits per heavy atom. The number of hydrogen-bond acceptors (Lipinski definition) is 8. The number of nitrogens with one attached hydrogen (secondary N) is 3. The first-order chi connectivity index (χ1) is 26.5. The van der Waals surface area contributed by atoms with Crippen molar-refractivity contribution in [3.8, 4) is 5.69 Å². The predicted octanol–water partition coefficient (Wildman–Crippen LogP) is 4.59. The maximum Gasteiger partial charge on any atom is 0.354 e. The molecular weight excluding hydrogens is 725 g/mol. The Bertz CT molecular complexity index is 2060. The molecule has 14 heteroatoms. The van der Waals surface area contributed by atoms with Gasteiger partial charge in [-0.2, -0.15) is 9.29 Å². The lowest BCUT2D eigenvalue weighted by molar-refractivity contribution is 0.228. The molecule has 2 saturated heterocycles. The number of aromatic amines is 1. The van der Waals surface area contributed by atoms with Gasteiger partial charge in [-0.15, -0.1) is 0 Å². The van der Waals surface area contributed by atoms with E-state index in [1.807, 2.05) is 48.7 Å². The number of guanidine groups is 1. The van der Waals surface area contributed by atoms with Crippen LogP contribution in [0.2, 0.25) is 0 Å². The number of nitrogens with zero attached hydrogens (tertiary/aromatic N) is 5. The van der Waals surface area contributed by atoms with Gasteiger partial charge in [0.2, 0.25) is 10.0 Å². The number of likely N-dealkylation sites (tertiary alicyclic amines) is 1. The van der Waals surface area contributed by atoms with Gasteiger partial charge in [0.15, 0.2) is 5.96 Å². The van der Waals surface area contributed by atoms with Crippen LogP contribution in [0.15, 0.2) is 75.5 Å². The number of H-pyrrole nitrogens is 1. The summed E-state index contributed by atoms with van der Waals surface area (Å²) in [5, 5.41) is 7.62. The first kappa shape index (κ1) is 43.1. The van der Waals surface area contributed by atoms with Gasteiger partial charge in [0.25, 0.3) is 0 Å². The Balaban J connectivity index is 0.000000215. The summed E-state index contributed by atoms with van der Waals surface area (Å²) in [4.78, 5) is 26.7. The van der Waals surface area contributed by atoms with E-state index in [0.29, 0.717) is 23.6 Å². The van der Waals surface area contributed by atoms with Crippen molar-refractivity contribution in [2.24, 2.45) is 16.5 Å². The molecule has 2 aromatic heterocycles. The van der Waals surface area contributed by atoms with Gasteiger partial charge in [-0.1, -0.05) is 65.8 Å². The number of nitrogens with two attached hydrogens (primary N) is 2. The number of piperidine rings is 1. The summed E-state index contributed by atoms with van der Waals surface area (Å²) < 4.78 is 30.6. The lowest BCUT2D eigenvalue weighted by atomic mass is 9.87. The summed E-state index contributed by atoms with van der Waals surface area (Å²) in [6.45, 7) is 20.3. The van der Waals surface area contributed by atoms with Crippen molar-refractivity contribution in [1.82, 2.24) is 34.4 Å². The molecule has 2 aliphatic rings. The summed E-state index contributed by atoms with van der Waals surface area (Å²) in [7, 11) is -3.50. The molecule has 7 N–H and O–H groups in total. The number of rotatable bonds is 13. The van der Waals surface area contributed by atoms with Crippen molar-refractivity contribution in [2.75, 3.05) is 52.4 Å². The third-order valence-electron chi connectivity index (χ3n) is 10.5. The second-order valence-electron chi connectivity index (χ2n) is 17.1. The zero-order valence-corrected chi connectivity index (χ0v) is 35.1. The maximum atomic E-state index is 13.6. The van der Waals surface area contributed by atoms with Crippen molar-refractivity contribution in [2.45, 2.75) is 102 Å². The Hall–Kier alpha value is -4.08. The van der Waals surface area contributed by atoms with E-state index in [2.05, 4.69) is 78.1 Å². The number of benzene rings is 2. The molecule has 306 valence electrons. The summed E-state index contributed by atoms with van der Waals surface area (Å²) in [6.07, 6.45) is 6.94. The zero-order chi connectivity index (χ0) is 40.5. The van der Waals surface area contributed by atoms with E-state index >= 15 is 0 Å². The van der Waals surface area contributed by atoms with Gasteiger partial charge in [0.1, 0.15) is 5.65 Å². The topological polar surface area (TPSA) is 180 Å². The number of aliphatic imine (C=N–C) groups is 1. The van der Waals surface area contributed by atoms with Crippen LogP contribution in [-0.4, -0.2) is 96.5 Å². The minimum Gasteiger partial charge on any atom is -0.370 e. The van der Waals surface area contributed by atoms with Crippen LogP contribution < -0.4 is 27.8 Å². The van der Waals surface area contributed by atoms with Crippen LogP contribution in [0, 0.1) is 0 Å². The normalized spacial score (nSPS) is 15.9. The standard InChI is InChI=1S/C21H29N7O.C21H35N3O2S/c1-21(2,3)17-11-15-13-28(20(29)27-18(15)26-17)16-7-5-14(6-8-16)12-24-9-4-10-25-19(22)23;1-21(2,3)18-7-6-8-20(17-18)27(25,26)24(19-9-11-22-12-10-19)16-15-23-13-4-5-14-23/h5-8,11,13,24H,4,9-10,12H2,1-3H3,(H4,22,23,25)(H,26,27,29);6-8,17,19,22H,4-5,9-16H2,1-3H3. The fraction of sp³-hybridized carbons (Fsp3) is 0.548.